The summed E-state index contributed by atoms with van der Waals surface area (Å²) in [4.78, 5) is 0. The second-order valence-corrected chi connectivity index (χ2v) is 5.11. The van der Waals surface area contributed by atoms with Gasteiger partial charge in [-0.1, -0.05) is 6.07 Å². The zero-order valence-corrected chi connectivity index (χ0v) is 11.0. The summed E-state index contributed by atoms with van der Waals surface area (Å²) in [5, 5.41) is 13.4. The lowest BCUT2D eigenvalue weighted by Gasteiger charge is -2.33. The third-order valence-electron chi connectivity index (χ3n) is 3.59. The second-order valence-electron chi connectivity index (χ2n) is 5.11. The van der Waals surface area contributed by atoms with Crippen LogP contribution in [0.5, 0.6) is 0 Å². The van der Waals surface area contributed by atoms with Crippen LogP contribution in [0.4, 0.5) is 8.78 Å². The van der Waals surface area contributed by atoms with Gasteiger partial charge in [-0.2, -0.15) is 0 Å². The minimum absolute atomic E-state index is 0.285. The van der Waals surface area contributed by atoms with Crippen molar-refractivity contribution < 1.29 is 18.6 Å². The molecule has 1 heterocycles. The van der Waals surface area contributed by atoms with Gasteiger partial charge >= 0.3 is 0 Å². The van der Waals surface area contributed by atoms with E-state index in [9.17, 15) is 13.9 Å². The van der Waals surface area contributed by atoms with Gasteiger partial charge in [-0.15, -0.1) is 0 Å². The van der Waals surface area contributed by atoms with Crippen molar-refractivity contribution in [2.45, 2.75) is 31.4 Å². The van der Waals surface area contributed by atoms with Gasteiger partial charge in [0.1, 0.15) is 11.6 Å². The average Bonchev–Trinajstić information content (AvgIpc) is 2.37. The Kier molecular flexibility index (Phi) is 4.50. The quantitative estimate of drug-likeness (QED) is 0.881. The van der Waals surface area contributed by atoms with E-state index in [1.54, 1.807) is 6.92 Å². The first-order valence-electron chi connectivity index (χ1n) is 6.49. The smallest absolute Gasteiger partial charge is 0.130 e. The second kappa shape index (κ2) is 5.94. The molecule has 0 saturated carbocycles. The van der Waals surface area contributed by atoms with Crippen molar-refractivity contribution in [3.63, 3.8) is 0 Å². The fourth-order valence-electron chi connectivity index (χ4n) is 2.23. The largest absolute Gasteiger partial charge is 0.388 e. The number of rotatable bonds is 4. The number of halogens is 2. The summed E-state index contributed by atoms with van der Waals surface area (Å²) in [6, 6.07) is 3.25. The Labute approximate surface area is 111 Å². The lowest BCUT2D eigenvalue weighted by atomic mass is 9.94. The third-order valence-corrected chi connectivity index (χ3v) is 3.59. The third kappa shape index (κ3) is 3.72. The first-order valence-corrected chi connectivity index (χ1v) is 6.49. The monoisotopic (exact) mass is 271 g/mol. The van der Waals surface area contributed by atoms with E-state index in [2.05, 4.69) is 5.32 Å². The van der Waals surface area contributed by atoms with Crippen molar-refractivity contribution in [1.29, 1.82) is 0 Å². The van der Waals surface area contributed by atoms with Crippen molar-refractivity contribution in [3.8, 4) is 0 Å². The fraction of sp³-hybridized carbons (Fsp3) is 0.571. The predicted octanol–water partition coefficient (Wildman–Crippen LogP) is 2.16. The number of ether oxygens (including phenoxy) is 1. The number of aliphatic hydroxyl groups is 1. The Morgan fingerprint density at radius 3 is 2.68 bits per heavy atom. The van der Waals surface area contributed by atoms with Gasteiger partial charge in [-0.05, 0) is 13.0 Å². The molecule has 106 valence electrons. The van der Waals surface area contributed by atoms with E-state index in [0.717, 1.165) is 6.07 Å². The molecule has 1 saturated heterocycles. The number of benzene rings is 1. The molecule has 1 atom stereocenters. The molecule has 0 amide bonds. The SMILES string of the molecule is CC(NCC1(O)CCOCC1)c1ccc(F)cc1F. The molecule has 1 aromatic carbocycles. The van der Waals surface area contributed by atoms with Gasteiger partial charge in [0.25, 0.3) is 0 Å². The summed E-state index contributed by atoms with van der Waals surface area (Å²) < 4.78 is 31.6. The molecule has 0 radical (unpaired) electrons. The minimum atomic E-state index is -0.803. The molecule has 0 bridgehead atoms. The highest BCUT2D eigenvalue weighted by atomic mass is 19.1. The van der Waals surface area contributed by atoms with Crippen LogP contribution in [0, 0.1) is 11.6 Å². The molecular weight excluding hydrogens is 252 g/mol. The van der Waals surface area contributed by atoms with E-state index in [1.165, 1.54) is 12.1 Å². The van der Waals surface area contributed by atoms with E-state index in [0.29, 0.717) is 38.2 Å². The zero-order valence-electron chi connectivity index (χ0n) is 11.0. The zero-order chi connectivity index (χ0) is 13.9. The Morgan fingerprint density at radius 1 is 1.37 bits per heavy atom. The van der Waals surface area contributed by atoms with Gasteiger partial charge in [-0.25, -0.2) is 8.78 Å². The van der Waals surface area contributed by atoms with Crippen molar-refractivity contribution in [2.24, 2.45) is 0 Å². The minimum Gasteiger partial charge on any atom is -0.388 e. The van der Waals surface area contributed by atoms with Crippen LogP contribution in [0.15, 0.2) is 18.2 Å². The molecule has 3 nitrogen and oxygen atoms in total. The molecule has 1 aromatic rings. The molecule has 0 aliphatic carbocycles. The predicted molar refractivity (Wildman–Crippen MR) is 67.8 cm³/mol. The van der Waals surface area contributed by atoms with Gasteiger partial charge in [0.2, 0.25) is 0 Å². The van der Waals surface area contributed by atoms with Crippen molar-refractivity contribution in [2.75, 3.05) is 19.8 Å². The Hall–Kier alpha value is -1.04. The molecule has 0 aromatic heterocycles. The lowest BCUT2D eigenvalue weighted by molar-refractivity contribution is -0.0626. The Bertz CT molecular complexity index is 433. The molecule has 1 aliphatic rings. The van der Waals surface area contributed by atoms with Gasteiger partial charge < -0.3 is 15.2 Å². The molecule has 19 heavy (non-hydrogen) atoms. The summed E-state index contributed by atoms with van der Waals surface area (Å²) >= 11 is 0. The summed E-state index contributed by atoms with van der Waals surface area (Å²) in [5.41, 5.74) is -0.403. The van der Waals surface area contributed by atoms with Crippen LogP contribution in [0.1, 0.15) is 31.4 Å². The first kappa shape index (κ1) is 14.4. The number of hydrogen-bond acceptors (Lipinski definition) is 3. The highest BCUT2D eigenvalue weighted by Gasteiger charge is 2.30. The maximum absolute atomic E-state index is 13.6. The van der Waals surface area contributed by atoms with E-state index in [4.69, 9.17) is 4.74 Å². The normalized spacial score (nSPS) is 20.2. The highest BCUT2D eigenvalue weighted by molar-refractivity contribution is 5.21. The lowest BCUT2D eigenvalue weighted by Crippen LogP contribution is -2.45. The molecule has 1 aliphatic heterocycles. The molecule has 1 fully saturated rings. The van der Waals surface area contributed by atoms with Crippen molar-refractivity contribution in [3.05, 3.63) is 35.4 Å². The number of hydrogen-bond donors (Lipinski definition) is 2. The van der Waals surface area contributed by atoms with Crippen LogP contribution in [0.3, 0.4) is 0 Å². The molecule has 1 unspecified atom stereocenters. The molecule has 0 spiro atoms. The van der Waals surface area contributed by atoms with E-state index in [1.807, 2.05) is 0 Å². The van der Waals surface area contributed by atoms with Gasteiger partial charge in [0, 0.05) is 50.3 Å². The molecule has 2 N–H and O–H groups in total. The van der Waals surface area contributed by atoms with E-state index in [-0.39, 0.29) is 6.04 Å². The van der Waals surface area contributed by atoms with Gasteiger partial charge in [0.05, 0.1) is 5.60 Å². The van der Waals surface area contributed by atoms with Gasteiger partial charge in [0.15, 0.2) is 0 Å². The summed E-state index contributed by atoms with van der Waals surface area (Å²) in [5.74, 6) is -1.16. The van der Waals surface area contributed by atoms with Gasteiger partial charge in [-0.3, -0.25) is 0 Å². The standard InChI is InChI=1S/C14H19F2NO2/c1-10(12-3-2-11(15)8-13(12)16)17-9-14(18)4-6-19-7-5-14/h2-3,8,10,17-18H,4-7,9H2,1H3. The van der Waals surface area contributed by atoms with Crippen LogP contribution in [0.2, 0.25) is 0 Å². The van der Waals surface area contributed by atoms with Crippen LogP contribution < -0.4 is 5.32 Å². The van der Waals surface area contributed by atoms with E-state index >= 15 is 0 Å². The fourth-order valence-corrected chi connectivity index (χ4v) is 2.23. The molecule has 5 heteroatoms. The molecule has 2 rings (SSSR count). The van der Waals surface area contributed by atoms with Crippen LogP contribution in [-0.2, 0) is 4.74 Å². The van der Waals surface area contributed by atoms with Crippen LogP contribution in [0.25, 0.3) is 0 Å². The topological polar surface area (TPSA) is 41.5 Å². The van der Waals surface area contributed by atoms with Crippen LogP contribution in [-0.4, -0.2) is 30.5 Å². The van der Waals surface area contributed by atoms with Crippen molar-refractivity contribution in [1.82, 2.24) is 5.32 Å². The highest BCUT2D eigenvalue weighted by Crippen LogP contribution is 2.22. The van der Waals surface area contributed by atoms with Crippen LogP contribution >= 0.6 is 0 Å². The summed E-state index contributed by atoms with van der Waals surface area (Å²) in [7, 11) is 0. The summed E-state index contributed by atoms with van der Waals surface area (Å²) in [6.07, 6.45) is 1.14. The molecular formula is C14H19F2NO2. The average molecular weight is 271 g/mol. The Balaban J connectivity index is 1.95. The van der Waals surface area contributed by atoms with E-state index < -0.39 is 17.2 Å². The summed E-state index contributed by atoms with van der Waals surface area (Å²) in [6.45, 7) is 3.24. The Morgan fingerprint density at radius 2 is 2.05 bits per heavy atom. The number of nitrogens with one attached hydrogen (secondary N) is 1. The maximum atomic E-state index is 13.6. The maximum Gasteiger partial charge on any atom is 0.130 e. The van der Waals surface area contributed by atoms with Crippen molar-refractivity contribution >= 4 is 0 Å². The first-order chi connectivity index (χ1) is 9.00.